The van der Waals surface area contributed by atoms with Crippen LogP contribution in [0.4, 0.5) is 18.9 Å². The minimum absolute atomic E-state index is 0.163. The second-order valence-electron chi connectivity index (χ2n) is 6.35. The van der Waals surface area contributed by atoms with Gasteiger partial charge >= 0.3 is 6.18 Å². The lowest BCUT2D eigenvalue weighted by Crippen LogP contribution is -3.08. The number of anilines is 1. The van der Waals surface area contributed by atoms with E-state index in [0.717, 1.165) is 22.6 Å². The molecule has 5 nitrogen and oxygen atoms in total. The van der Waals surface area contributed by atoms with Crippen LogP contribution in [0.5, 0.6) is 11.5 Å². The molecule has 0 saturated heterocycles. The number of carbonyl (C=O) groups is 1. The van der Waals surface area contributed by atoms with E-state index < -0.39 is 11.7 Å². The molecule has 0 saturated carbocycles. The van der Waals surface area contributed by atoms with Crippen LogP contribution in [-0.4, -0.2) is 33.2 Å². The first-order valence-electron chi connectivity index (χ1n) is 8.81. The zero-order valence-corrected chi connectivity index (χ0v) is 16.0. The van der Waals surface area contributed by atoms with Gasteiger partial charge in [-0.2, -0.15) is 13.2 Å². The van der Waals surface area contributed by atoms with Crippen LogP contribution in [0, 0.1) is 0 Å². The summed E-state index contributed by atoms with van der Waals surface area (Å²) in [5.41, 5.74) is 0.548. The first-order chi connectivity index (χ1) is 13.2. The van der Waals surface area contributed by atoms with Gasteiger partial charge in [0.15, 0.2) is 18.0 Å². The average molecular weight is 397 g/mol. The fourth-order valence-electron chi connectivity index (χ4n) is 2.73. The number of methoxy groups -OCH3 is 1. The largest absolute Gasteiger partial charge is 0.493 e. The predicted octanol–water partition coefficient (Wildman–Crippen LogP) is 2.77. The van der Waals surface area contributed by atoms with Gasteiger partial charge in [0.2, 0.25) is 0 Å². The number of likely N-dealkylation sites (N-methyl/N-ethyl adjacent to an activating group) is 1. The molecule has 0 bridgehead atoms. The lowest BCUT2D eigenvalue weighted by molar-refractivity contribution is -0.885. The zero-order valence-electron chi connectivity index (χ0n) is 16.0. The van der Waals surface area contributed by atoms with E-state index >= 15 is 0 Å². The van der Waals surface area contributed by atoms with Crippen LogP contribution in [0.15, 0.2) is 42.5 Å². The van der Waals surface area contributed by atoms with Crippen LogP contribution in [0.1, 0.15) is 18.1 Å². The van der Waals surface area contributed by atoms with Crippen molar-refractivity contribution in [1.29, 1.82) is 0 Å². The Morgan fingerprint density at radius 2 is 1.79 bits per heavy atom. The van der Waals surface area contributed by atoms with E-state index in [1.54, 1.807) is 7.11 Å². The molecule has 0 heterocycles. The zero-order chi connectivity index (χ0) is 20.7. The van der Waals surface area contributed by atoms with Gasteiger partial charge in [-0.15, -0.1) is 0 Å². The average Bonchev–Trinajstić information content (AvgIpc) is 2.62. The summed E-state index contributed by atoms with van der Waals surface area (Å²) >= 11 is 0. The van der Waals surface area contributed by atoms with Crippen molar-refractivity contribution in [3.05, 3.63) is 53.6 Å². The molecular formula is C20H24F3N2O3+. The summed E-state index contributed by atoms with van der Waals surface area (Å²) in [6.07, 6.45) is -4.40. The number of ether oxygens (including phenoxy) is 2. The van der Waals surface area contributed by atoms with Crippen LogP contribution < -0.4 is 19.7 Å². The number of alkyl halides is 3. The van der Waals surface area contributed by atoms with E-state index in [1.807, 2.05) is 32.2 Å². The first kappa shape index (κ1) is 21.6. The molecule has 1 unspecified atom stereocenters. The van der Waals surface area contributed by atoms with Crippen LogP contribution in [0.2, 0.25) is 0 Å². The molecule has 1 amide bonds. The Labute approximate surface area is 162 Å². The molecule has 0 aromatic heterocycles. The molecular weight excluding hydrogens is 373 g/mol. The van der Waals surface area contributed by atoms with Gasteiger partial charge in [0.05, 0.1) is 26.3 Å². The van der Waals surface area contributed by atoms with Crippen LogP contribution in [-0.2, 0) is 17.5 Å². The maximum Gasteiger partial charge on any atom is 0.416 e. The van der Waals surface area contributed by atoms with Gasteiger partial charge in [-0.1, -0.05) is 0 Å². The Morgan fingerprint density at radius 3 is 2.36 bits per heavy atom. The number of quaternary nitrogens is 1. The Balaban J connectivity index is 1.92. The summed E-state index contributed by atoms with van der Waals surface area (Å²) in [5.74, 6) is 1.00. The van der Waals surface area contributed by atoms with Crippen molar-refractivity contribution in [2.45, 2.75) is 19.6 Å². The molecule has 152 valence electrons. The molecule has 0 fully saturated rings. The first-order valence-corrected chi connectivity index (χ1v) is 8.81. The van der Waals surface area contributed by atoms with E-state index in [4.69, 9.17) is 9.47 Å². The number of carbonyl (C=O) groups excluding carboxylic acids is 1. The highest BCUT2D eigenvalue weighted by Crippen LogP contribution is 2.30. The van der Waals surface area contributed by atoms with Crippen molar-refractivity contribution < 1.29 is 32.3 Å². The summed E-state index contributed by atoms with van der Waals surface area (Å²) in [5, 5.41) is 2.61. The molecule has 2 rings (SSSR count). The molecule has 2 aromatic carbocycles. The minimum Gasteiger partial charge on any atom is -0.493 e. The van der Waals surface area contributed by atoms with Crippen molar-refractivity contribution in [2.24, 2.45) is 0 Å². The molecule has 2 N–H and O–H groups in total. The number of amides is 1. The molecule has 28 heavy (non-hydrogen) atoms. The van der Waals surface area contributed by atoms with Crippen molar-refractivity contribution in [1.82, 2.24) is 0 Å². The lowest BCUT2D eigenvalue weighted by Gasteiger charge is -2.16. The normalized spacial score (nSPS) is 12.4. The molecule has 0 aliphatic heterocycles. The highest BCUT2D eigenvalue weighted by Gasteiger charge is 2.30. The molecule has 0 aliphatic rings. The van der Waals surface area contributed by atoms with Gasteiger partial charge in [0.1, 0.15) is 6.54 Å². The van der Waals surface area contributed by atoms with E-state index in [-0.39, 0.29) is 12.5 Å². The molecule has 0 aliphatic carbocycles. The topological polar surface area (TPSA) is 52.0 Å². The summed E-state index contributed by atoms with van der Waals surface area (Å²) in [6, 6.07) is 9.97. The highest BCUT2D eigenvalue weighted by molar-refractivity contribution is 5.91. The molecule has 8 heteroatoms. The van der Waals surface area contributed by atoms with E-state index in [0.29, 0.717) is 30.3 Å². The summed E-state index contributed by atoms with van der Waals surface area (Å²) < 4.78 is 48.5. The Morgan fingerprint density at radius 1 is 1.11 bits per heavy atom. The molecule has 1 atom stereocenters. The predicted molar refractivity (Wildman–Crippen MR) is 99.7 cm³/mol. The lowest BCUT2D eigenvalue weighted by atomic mass is 10.2. The number of nitrogens with one attached hydrogen (secondary N) is 2. The fraction of sp³-hybridized carbons (Fsp3) is 0.350. The number of halogens is 3. The summed E-state index contributed by atoms with van der Waals surface area (Å²) in [4.78, 5) is 13.1. The third-order valence-corrected chi connectivity index (χ3v) is 3.99. The number of hydrogen-bond donors (Lipinski definition) is 2. The third-order valence-electron chi connectivity index (χ3n) is 3.99. The smallest absolute Gasteiger partial charge is 0.416 e. The minimum atomic E-state index is -4.40. The van der Waals surface area contributed by atoms with E-state index in [1.165, 1.54) is 12.1 Å². The molecule has 0 spiro atoms. The Bertz CT molecular complexity index is 792. The van der Waals surface area contributed by atoms with Crippen LogP contribution >= 0.6 is 0 Å². The summed E-state index contributed by atoms with van der Waals surface area (Å²) in [6.45, 7) is 3.16. The quantitative estimate of drug-likeness (QED) is 0.720. The van der Waals surface area contributed by atoms with Crippen molar-refractivity contribution in [3.8, 4) is 11.5 Å². The van der Waals surface area contributed by atoms with Gasteiger partial charge in [-0.25, -0.2) is 0 Å². The number of hydrogen-bond acceptors (Lipinski definition) is 3. The second-order valence-corrected chi connectivity index (χ2v) is 6.35. The van der Waals surface area contributed by atoms with Gasteiger partial charge in [-0.05, 0) is 49.4 Å². The van der Waals surface area contributed by atoms with Gasteiger partial charge in [0, 0.05) is 11.3 Å². The van der Waals surface area contributed by atoms with Crippen LogP contribution in [0.3, 0.4) is 0 Å². The summed E-state index contributed by atoms with van der Waals surface area (Å²) in [7, 11) is 3.42. The van der Waals surface area contributed by atoms with Gasteiger partial charge in [-0.3, -0.25) is 4.79 Å². The SMILES string of the molecule is CCOc1ccc(C[NH+](C)CC(=O)Nc2ccc(C(F)(F)F)cc2)cc1OC. The van der Waals surface area contributed by atoms with Crippen LogP contribution in [0.25, 0.3) is 0 Å². The van der Waals surface area contributed by atoms with E-state index in [2.05, 4.69) is 5.32 Å². The van der Waals surface area contributed by atoms with Crippen molar-refractivity contribution >= 4 is 11.6 Å². The van der Waals surface area contributed by atoms with Crippen molar-refractivity contribution in [3.63, 3.8) is 0 Å². The molecule has 0 radical (unpaired) electrons. The number of rotatable bonds is 8. The monoisotopic (exact) mass is 397 g/mol. The molecule has 2 aromatic rings. The third kappa shape index (κ3) is 6.16. The van der Waals surface area contributed by atoms with E-state index in [9.17, 15) is 18.0 Å². The Hall–Kier alpha value is -2.74. The standard InChI is InChI=1S/C20H23F3N2O3/c1-4-28-17-10-5-14(11-18(17)27-3)12-25(2)13-19(26)24-16-8-6-15(7-9-16)20(21,22)23/h5-11H,4,12-13H2,1-3H3,(H,24,26)/p+1. The maximum absolute atomic E-state index is 12.6. The maximum atomic E-state index is 12.6. The van der Waals surface area contributed by atoms with Gasteiger partial charge in [0.25, 0.3) is 5.91 Å². The highest BCUT2D eigenvalue weighted by atomic mass is 19.4. The second kappa shape index (κ2) is 9.45. The van der Waals surface area contributed by atoms with Gasteiger partial charge < -0.3 is 19.7 Å². The Kier molecular flexibility index (Phi) is 7.28. The fourth-order valence-corrected chi connectivity index (χ4v) is 2.73. The number of benzene rings is 2. The van der Waals surface area contributed by atoms with Crippen molar-refractivity contribution in [2.75, 3.05) is 32.6 Å².